The Morgan fingerprint density at radius 3 is 2.61 bits per heavy atom. The van der Waals surface area contributed by atoms with E-state index in [-0.39, 0.29) is 11.6 Å². The van der Waals surface area contributed by atoms with E-state index in [1.807, 2.05) is 27.7 Å². The molecule has 0 radical (unpaired) electrons. The molecule has 1 rings (SSSR count). The molecule has 0 spiro atoms. The predicted octanol–water partition coefficient (Wildman–Crippen LogP) is 2.99. The first kappa shape index (κ1) is 14.2. The van der Waals surface area contributed by atoms with E-state index in [0.29, 0.717) is 12.4 Å². The quantitative estimate of drug-likeness (QED) is 0.623. The van der Waals surface area contributed by atoms with Crippen LogP contribution < -0.4 is 10.1 Å². The molecule has 0 aliphatic carbocycles. The molecule has 1 heterocycles. The fourth-order valence-electron chi connectivity index (χ4n) is 1.26. The molecule has 0 bridgehead atoms. The van der Waals surface area contributed by atoms with Gasteiger partial charge in [-0.05, 0) is 33.3 Å². The number of nitro groups is 1. The van der Waals surface area contributed by atoms with Gasteiger partial charge in [-0.2, -0.15) is 4.98 Å². The Kier molecular flexibility index (Phi) is 4.47. The Balaban J connectivity index is 3.11. The number of nitrogens with zero attached hydrogens (tertiary/aromatic N) is 2. The second-order valence-corrected chi connectivity index (χ2v) is 4.52. The van der Waals surface area contributed by atoms with Crippen LogP contribution in [0.5, 0.6) is 5.88 Å². The summed E-state index contributed by atoms with van der Waals surface area (Å²) in [6, 6.07) is 2.99. The molecule has 0 aromatic carbocycles. The molecule has 0 amide bonds. The van der Waals surface area contributed by atoms with Crippen LogP contribution in [-0.4, -0.2) is 22.1 Å². The lowest BCUT2D eigenvalue weighted by atomic mass is 10.1. The number of pyridine rings is 1. The molecule has 100 valence electrons. The minimum Gasteiger partial charge on any atom is -0.467 e. The zero-order chi connectivity index (χ0) is 13.8. The van der Waals surface area contributed by atoms with Crippen molar-refractivity contribution < 1.29 is 9.66 Å². The van der Waals surface area contributed by atoms with E-state index in [2.05, 4.69) is 10.3 Å². The summed E-state index contributed by atoms with van der Waals surface area (Å²) in [4.78, 5) is 14.6. The third-order valence-electron chi connectivity index (χ3n) is 2.62. The predicted molar refractivity (Wildman–Crippen MR) is 70.1 cm³/mol. The minimum atomic E-state index is -0.484. The number of hydrogen-bond donors (Lipinski definition) is 1. The number of anilines is 1. The Morgan fingerprint density at radius 1 is 1.44 bits per heavy atom. The van der Waals surface area contributed by atoms with E-state index in [1.54, 1.807) is 6.07 Å². The van der Waals surface area contributed by atoms with Crippen LogP contribution in [0.2, 0.25) is 0 Å². The Morgan fingerprint density at radius 2 is 2.11 bits per heavy atom. The fourth-order valence-corrected chi connectivity index (χ4v) is 1.26. The number of ether oxygens (including phenoxy) is 1. The van der Waals surface area contributed by atoms with Gasteiger partial charge in [-0.25, -0.2) is 0 Å². The van der Waals surface area contributed by atoms with Crippen LogP contribution in [0.4, 0.5) is 11.5 Å². The van der Waals surface area contributed by atoms with E-state index in [0.717, 1.165) is 6.42 Å². The maximum Gasteiger partial charge on any atom is 0.331 e. The van der Waals surface area contributed by atoms with Gasteiger partial charge in [-0.1, -0.05) is 6.92 Å². The maximum absolute atomic E-state index is 10.9. The number of aromatic nitrogens is 1. The van der Waals surface area contributed by atoms with Gasteiger partial charge in [0.1, 0.15) is 11.4 Å². The normalized spacial score (nSPS) is 11.1. The molecule has 18 heavy (non-hydrogen) atoms. The van der Waals surface area contributed by atoms with Gasteiger partial charge in [0.25, 0.3) is 5.88 Å². The van der Waals surface area contributed by atoms with Gasteiger partial charge >= 0.3 is 5.69 Å². The maximum atomic E-state index is 10.9. The average molecular weight is 253 g/mol. The molecule has 0 atom stereocenters. The lowest BCUT2D eigenvalue weighted by Gasteiger charge is -2.23. The molecular formula is C12H19N3O3. The van der Waals surface area contributed by atoms with Crippen molar-refractivity contribution in [3.05, 3.63) is 22.2 Å². The van der Waals surface area contributed by atoms with E-state index in [4.69, 9.17) is 4.74 Å². The van der Waals surface area contributed by atoms with Gasteiger partial charge in [-0.15, -0.1) is 0 Å². The molecular weight excluding hydrogens is 234 g/mol. The van der Waals surface area contributed by atoms with Crippen LogP contribution in [-0.2, 0) is 0 Å². The highest BCUT2D eigenvalue weighted by Gasteiger charge is 2.25. The van der Waals surface area contributed by atoms with Gasteiger partial charge < -0.3 is 10.1 Å². The van der Waals surface area contributed by atoms with Crippen LogP contribution in [0.25, 0.3) is 0 Å². The summed E-state index contributed by atoms with van der Waals surface area (Å²) in [5.74, 6) is 0.635. The van der Waals surface area contributed by atoms with Crippen molar-refractivity contribution in [2.45, 2.75) is 39.7 Å². The summed E-state index contributed by atoms with van der Waals surface area (Å²) in [6.07, 6.45) is 0.733. The largest absolute Gasteiger partial charge is 0.467 e. The topological polar surface area (TPSA) is 77.3 Å². The van der Waals surface area contributed by atoms with Gasteiger partial charge in [-0.3, -0.25) is 10.1 Å². The second kappa shape index (κ2) is 5.66. The van der Waals surface area contributed by atoms with E-state index in [1.165, 1.54) is 6.07 Å². The standard InChI is InChI=1S/C12H19N3O3/c1-5-12(3,4)18-11-9(15(16)17)7-8-10(14-11)13-6-2/h7-8H,5-6H2,1-4H3,(H,13,14). The first-order chi connectivity index (χ1) is 8.39. The molecule has 1 aromatic heterocycles. The second-order valence-electron chi connectivity index (χ2n) is 4.52. The zero-order valence-electron chi connectivity index (χ0n) is 11.2. The van der Waals surface area contributed by atoms with E-state index < -0.39 is 10.5 Å². The van der Waals surface area contributed by atoms with Crippen molar-refractivity contribution in [3.8, 4) is 5.88 Å². The number of nitrogens with one attached hydrogen (secondary N) is 1. The Hall–Kier alpha value is -1.85. The summed E-state index contributed by atoms with van der Waals surface area (Å²) >= 11 is 0. The third kappa shape index (κ3) is 3.58. The molecule has 0 saturated carbocycles. The smallest absolute Gasteiger partial charge is 0.331 e. The number of rotatable bonds is 6. The molecule has 1 N–H and O–H groups in total. The van der Waals surface area contributed by atoms with Crippen LogP contribution in [0, 0.1) is 10.1 Å². The molecule has 0 aliphatic rings. The molecule has 6 heteroatoms. The summed E-state index contributed by atoms with van der Waals surface area (Å²) < 4.78 is 5.64. The molecule has 1 aromatic rings. The van der Waals surface area contributed by atoms with Crippen molar-refractivity contribution in [2.75, 3.05) is 11.9 Å². The van der Waals surface area contributed by atoms with E-state index in [9.17, 15) is 10.1 Å². The average Bonchev–Trinajstić information content (AvgIpc) is 2.29. The molecule has 0 fully saturated rings. The summed E-state index contributed by atoms with van der Waals surface area (Å²) in [7, 11) is 0. The first-order valence-electron chi connectivity index (χ1n) is 5.98. The van der Waals surface area contributed by atoms with Gasteiger partial charge in [0.15, 0.2) is 0 Å². The fraction of sp³-hybridized carbons (Fsp3) is 0.583. The van der Waals surface area contributed by atoms with Gasteiger partial charge in [0.2, 0.25) is 0 Å². The van der Waals surface area contributed by atoms with Crippen LogP contribution >= 0.6 is 0 Å². The van der Waals surface area contributed by atoms with Crippen molar-refractivity contribution in [3.63, 3.8) is 0 Å². The number of hydrogen-bond acceptors (Lipinski definition) is 5. The Labute approximate surface area is 107 Å². The zero-order valence-corrected chi connectivity index (χ0v) is 11.2. The van der Waals surface area contributed by atoms with Gasteiger partial charge in [0, 0.05) is 12.6 Å². The highest BCUT2D eigenvalue weighted by Crippen LogP contribution is 2.30. The molecule has 0 aliphatic heterocycles. The highest BCUT2D eigenvalue weighted by molar-refractivity contribution is 5.49. The summed E-state index contributed by atoms with van der Waals surface area (Å²) in [5.41, 5.74) is -0.596. The summed E-state index contributed by atoms with van der Waals surface area (Å²) in [5, 5.41) is 13.9. The lowest BCUT2D eigenvalue weighted by Crippen LogP contribution is -2.27. The Bertz CT molecular complexity index is 433. The van der Waals surface area contributed by atoms with Crippen LogP contribution in [0.15, 0.2) is 12.1 Å². The van der Waals surface area contributed by atoms with Gasteiger partial charge in [0.05, 0.1) is 4.92 Å². The lowest BCUT2D eigenvalue weighted by molar-refractivity contribution is -0.386. The van der Waals surface area contributed by atoms with Crippen molar-refractivity contribution in [1.82, 2.24) is 4.98 Å². The minimum absolute atomic E-state index is 0.0605. The molecule has 6 nitrogen and oxygen atoms in total. The third-order valence-corrected chi connectivity index (χ3v) is 2.62. The molecule has 0 saturated heterocycles. The van der Waals surface area contributed by atoms with Crippen LogP contribution in [0.1, 0.15) is 34.1 Å². The summed E-state index contributed by atoms with van der Waals surface area (Å²) in [6.45, 7) is 8.33. The van der Waals surface area contributed by atoms with Crippen molar-refractivity contribution in [2.24, 2.45) is 0 Å². The monoisotopic (exact) mass is 253 g/mol. The SMILES string of the molecule is CCNc1ccc([N+](=O)[O-])c(OC(C)(C)CC)n1. The first-order valence-corrected chi connectivity index (χ1v) is 5.98. The van der Waals surface area contributed by atoms with E-state index >= 15 is 0 Å². The van der Waals surface area contributed by atoms with Crippen LogP contribution in [0.3, 0.4) is 0 Å². The van der Waals surface area contributed by atoms with Crippen molar-refractivity contribution in [1.29, 1.82) is 0 Å². The van der Waals surface area contributed by atoms with Crippen molar-refractivity contribution >= 4 is 11.5 Å². The highest BCUT2D eigenvalue weighted by atomic mass is 16.6. The molecule has 0 unspecified atom stereocenters.